The summed E-state index contributed by atoms with van der Waals surface area (Å²) in [5, 5.41) is 8.31. The van der Waals surface area contributed by atoms with E-state index in [1.54, 1.807) is 7.11 Å². The molecule has 1 aliphatic rings. The van der Waals surface area contributed by atoms with Crippen LogP contribution in [0, 0.1) is 5.92 Å². The fourth-order valence-electron chi connectivity index (χ4n) is 2.60. The summed E-state index contributed by atoms with van der Waals surface area (Å²) in [6.45, 7) is 5.27. The average Bonchev–Trinajstić information content (AvgIpc) is 2.98. The summed E-state index contributed by atoms with van der Waals surface area (Å²) in [5.74, 6) is 2.85. The van der Waals surface area contributed by atoms with Crippen LogP contribution in [-0.2, 0) is 6.54 Å². The summed E-state index contributed by atoms with van der Waals surface area (Å²) in [5.41, 5.74) is 0.889. The highest BCUT2D eigenvalue weighted by molar-refractivity contribution is 5.55. The smallest absolute Gasteiger partial charge is 0.247 e. The lowest BCUT2D eigenvalue weighted by Gasteiger charge is -2.28. The fraction of sp³-hybridized carbons (Fsp3) is 0.500. The Kier molecular flexibility index (Phi) is 4.20. The highest BCUT2D eigenvalue weighted by atomic mass is 16.5. The number of piperidine rings is 1. The van der Waals surface area contributed by atoms with Gasteiger partial charge in [-0.3, -0.25) is 4.90 Å². The third kappa shape index (κ3) is 3.42. The Morgan fingerprint density at radius 3 is 2.86 bits per heavy atom. The van der Waals surface area contributed by atoms with E-state index in [0.29, 0.717) is 11.8 Å². The molecule has 0 saturated carbocycles. The minimum atomic E-state index is 0.550. The number of benzene rings is 1. The molecule has 2 heterocycles. The normalized spacial score (nSPS) is 17.0. The molecular weight excluding hydrogens is 266 g/mol. The largest absolute Gasteiger partial charge is 0.497 e. The molecule has 2 aromatic rings. The molecule has 5 heteroatoms. The minimum Gasteiger partial charge on any atom is -0.497 e. The standard InChI is InChI=1S/C16H21N3O2/c1-12-6-8-19(9-7-12)11-15-17-18-16(21-15)13-4-3-5-14(10-13)20-2/h3-5,10,12H,6-9,11H2,1-2H3. The van der Waals surface area contributed by atoms with Crippen LogP contribution in [0.3, 0.4) is 0 Å². The van der Waals surface area contributed by atoms with Crippen LogP contribution in [0.15, 0.2) is 28.7 Å². The summed E-state index contributed by atoms with van der Waals surface area (Å²) in [4.78, 5) is 2.38. The second-order valence-electron chi connectivity index (χ2n) is 5.69. The van der Waals surface area contributed by atoms with Crippen LogP contribution in [0.1, 0.15) is 25.7 Å². The number of nitrogens with zero attached hydrogens (tertiary/aromatic N) is 3. The Hall–Kier alpha value is -1.88. The Morgan fingerprint density at radius 2 is 2.10 bits per heavy atom. The van der Waals surface area contributed by atoms with E-state index in [2.05, 4.69) is 22.0 Å². The van der Waals surface area contributed by atoms with Crippen LogP contribution >= 0.6 is 0 Å². The van der Waals surface area contributed by atoms with Crippen LogP contribution in [0.2, 0.25) is 0 Å². The molecule has 1 aliphatic heterocycles. The van der Waals surface area contributed by atoms with Crippen molar-refractivity contribution in [3.63, 3.8) is 0 Å². The number of rotatable bonds is 4. The fourth-order valence-corrected chi connectivity index (χ4v) is 2.60. The van der Waals surface area contributed by atoms with Gasteiger partial charge in [-0.15, -0.1) is 10.2 Å². The number of methoxy groups -OCH3 is 1. The van der Waals surface area contributed by atoms with Gasteiger partial charge in [-0.2, -0.15) is 0 Å². The van der Waals surface area contributed by atoms with Crippen LogP contribution in [0.5, 0.6) is 5.75 Å². The second kappa shape index (κ2) is 6.26. The van der Waals surface area contributed by atoms with Crippen molar-refractivity contribution in [2.75, 3.05) is 20.2 Å². The topological polar surface area (TPSA) is 51.4 Å². The maximum absolute atomic E-state index is 5.78. The molecule has 1 aromatic heterocycles. The predicted molar refractivity (Wildman–Crippen MR) is 80.0 cm³/mol. The number of hydrogen-bond acceptors (Lipinski definition) is 5. The SMILES string of the molecule is COc1cccc(-c2nnc(CN3CCC(C)CC3)o2)c1. The molecule has 0 radical (unpaired) electrons. The zero-order valence-electron chi connectivity index (χ0n) is 12.6. The van der Waals surface area contributed by atoms with Gasteiger partial charge in [0.15, 0.2) is 0 Å². The average molecular weight is 287 g/mol. The first-order valence-corrected chi connectivity index (χ1v) is 7.44. The van der Waals surface area contributed by atoms with Crippen molar-refractivity contribution >= 4 is 0 Å². The van der Waals surface area contributed by atoms with Crippen LogP contribution in [0.4, 0.5) is 0 Å². The van der Waals surface area contributed by atoms with Gasteiger partial charge in [0.25, 0.3) is 0 Å². The molecule has 0 amide bonds. The quantitative estimate of drug-likeness (QED) is 0.865. The zero-order chi connectivity index (χ0) is 14.7. The lowest BCUT2D eigenvalue weighted by atomic mass is 9.99. The van der Waals surface area contributed by atoms with Gasteiger partial charge in [0.2, 0.25) is 11.8 Å². The van der Waals surface area contributed by atoms with E-state index in [1.165, 1.54) is 12.8 Å². The highest BCUT2D eigenvalue weighted by Crippen LogP contribution is 2.23. The van der Waals surface area contributed by atoms with E-state index < -0.39 is 0 Å². The lowest BCUT2D eigenvalue weighted by molar-refractivity contribution is 0.171. The van der Waals surface area contributed by atoms with Gasteiger partial charge in [0.05, 0.1) is 13.7 Å². The van der Waals surface area contributed by atoms with Gasteiger partial charge in [0.1, 0.15) is 5.75 Å². The molecule has 0 aliphatic carbocycles. The summed E-state index contributed by atoms with van der Waals surface area (Å²) >= 11 is 0. The van der Waals surface area contributed by atoms with Crippen molar-refractivity contribution in [1.29, 1.82) is 0 Å². The van der Waals surface area contributed by atoms with E-state index in [-0.39, 0.29) is 0 Å². The van der Waals surface area contributed by atoms with E-state index in [0.717, 1.165) is 36.9 Å². The third-order valence-corrected chi connectivity index (χ3v) is 4.02. The molecular formula is C16H21N3O2. The Labute approximate surface area is 124 Å². The van der Waals surface area contributed by atoms with E-state index in [4.69, 9.17) is 9.15 Å². The molecule has 0 bridgehead atoms. The van der Waals surface area contributed by atoms with E-state index in [1.807, 2.05) is 24.3 Å². The summed E-state index contributed by atoms with van der Waals surface area (Å²) in [6, 6.07) is 7.67. The summed E-state index contributed by atoms with van der Waals surface area (Å²) < 4.78 is 11.0. The van der Waals surface area contributed by atoms with E-state index in [9.17, 15) is 0 Å². The van der Waals surface area contributed by atoms with Crippen molar-refractivity contribution in [3.05, 3.63) is 30.2 Å². The van der Waals surface area contributed by atoms with Gasteiger partial charge >= 0.3 is 0 Å². The molecule has 3 rings (SSSR count). The first-order valence-electron chi connectivity index (χ1n) is 7.44. The summed E-state index contributed by atoms with van der Waals surface area (Å²) in [7, 11) is 1.65. The molecule has 1 saturated heterocycles. The molecule has 0 spiro atoms. The molecule has 0 unspecified atom stereocenters. The molecule has 0 N–H and O–H groups in total. The molecule has 1 aromatic carbocycles. The molecule has 5 nitrogen and oxygen atoms in total. The molecule has 1 fully saturated rings. The van der Waals surface area contributed by atoms with Gasteiger partial charge in [-0.05, 0) is 50.0 Å². The van der Waals surface area contributed by atoms with Crippen LogP contribution < -0.4 is 4.74 Å². The third-order valence-electron chi connectivity index (χ3n) is 4.02. The monoisotopic (exact) mass is 287 g/mol. The Bertz CT molecular complexity index is 589. The second-order valence-corrected chi connectivity index (χ2v) is 5.69. The minimum absolute atomic E-state index is 0.550. The van der Waals surface area contributed by atoms with Crippen molar-refractivity contribution in [3.8, 4) is 17.2 Å². The first-order chi connectivity index (χ1) is 10.2. The molecule has 21 heavy (non-hydrogen) atoms. The van der Waals surface area contributed by atoms with Gasteiger partial charge in [0, 0.05) is 5.56 Å². The number of aromatic nitrogens is 2. The lowest BCUT2D eigenvalue weighted by Crippen LogP contribution is -2.32. The predicted octanol–water partition coefficient (Wildman–Crippen LogP) is 2.98. The maximum atomic E-state index is 5.78. The van der Waals surface area contributed by atoms with Gasteiger partial charge in [-0.1, -0.05) is 13.0 Å². The first kappa shape index (κ1) is 14.1. The highest BCUT2D eigenvalue weighted by Gasteiger charge is 2.18. The maximum Gasteiger partial charge on any atom is 0.247 e. The van der Waals surface area contributed by atoms with Crippen molar-refractivity contribution in [2.45, 2.75) is 26.3 Å². The van der Waals surface area contributed by atoms with Gasteiger partial charge in [-0.25, -0.2) is 0 Å². The van der Waals surface area contributed by atoms with Crippen LogP contribution in [-0.4, -0.2) is 35.3 Å². The number of hydrogen-bond donors (Lipinski definition) is 0. The number of likely N-dealkylation sites (tertiary alicyclic amines) is 1. The van der Waals surface area contributed by atoms with E-state index >= 15 is 0 Å². The number of ether oxygens (including phenoxy) is 1. The zero-order valence-corrected chi connectivity index (χ0v) is 12.6. The van der Waals surface area contributed by atoms with Crippen molar-refractivity contribution in [2.24, 2.45) is 5.92 Å². The van der Waals surface area contributed by atoms with Gasteiger partial charge < -0.3 is 9.15 Å². The van der Waals surface area contributed by atoms with Crippen molar-refractivity contribution in [1.82, 2.24) is 15.1 Å². The van der Waals surface area contributed by atoms with Crippen LogP contribution in [0.25, 0.3) is 11.5 Å². The Balaban J connectivity index is 1.68. The van der Waals surface area contributed by atoms with Crippen molar-refractivity contribution < 1.29 is 9.15 Å². The Morgan fingerprint density at radius 1 is 1.29 bits per heavy atom. The summed E-state index contributed by atoms with van der Waals surface area (Å²) in [6.07, 6.45) is 2.49. The molecule has 0 atom stereocenters. The molecule has 112 valence electrons.